The lowest BCUT2D eigenvalue weighted by molar-refractivity contribution is -0.138. The van der Waals surface area contributed by atoms with E-state index >= 15 is 0 Å². The van der Waals surface area contributed by atoms with Gasteiger partial charge in [0.25, 0.3) is 11.8 Å². The van der Waals surface area contributed by atoms with Gasteiger partial charge < -0.3 is 9.80 Å². The van der Waals surface area contributed by atoms with Crippen LogP contribution in [-0.4, -0.2) is 59.7 Å². The molecular weight excluding hydrogens is 422 g/mol. The lowest BCUT2D eigenvalue weighted by Crippen LogP contribution is -2.43. The van der Waals surface area contributed by atoms with Crippen molar-refractivity contribution in [1.29, 1.82) is 0 Å². The molecule has 0 saturated carbocycles. The van der Waals surface area contributed by atoms with Crippen LogP contribution in [0.15, 0.2) is 48.2 Å². The molecule has 0 spiro atoms. The van der Waals surface area contributed by atoms with Crippen molar-refractivity contribution in [3.05, 3.63) is 75.4 Å². The van der Waals surface area contributed by atoms with Gasteiger partial charge in [-0.2, -0.15) is 0 Å². The molecule has 0 bridgehead atoms. The number of likely N-dealkylation sites (N-methyl/N-ethyl adjacent to an activating group) is 1. The van der Waals surface area contributed by atoms with Gasteiger partial charge in [-0.05, 0) is 81.2 Å². The summed E-state index contributed by atoms with van der Waals surface area (Å²) in [6.45, 7) is 6.28. The summed E-state index contributed by atoms with van der Waals surface area (Å²) in [5.41, 5.74) is 4.97. The largest absolute Gasteiger partial charge is 0.366 e. The van der Waals surface area contributed by atoms with Gasteiger partial charge in [-0.1, -0.05) is 41.9 Å². The Hall–Kier alpha value is -2.63. The number of hydrogen-bond donors (Lipinski definition) is 0. The van der Waals surface area contributed by atoms with Crippen molar-refractivity contribution in [3.8, 4) is 0 Å². The zero-order chi connectivity index (χ0) is 23.0. The van der Waals surface area contributed by atoms with Crippen LogP contribution in [0, 0.1) is 13.8 Å². The first kappa shape index (κ1) is 22.6. The number of hydrogen-bond acceptors (Lipinski definition) is 4. The topological polar surface area (TPSA) is 43.9 Å². The minimum atomic E-state index is -0.233. The number of rotatable bonds is 5. The van der Waals surface area contributed by atoms with Crippen LogP contribution in [0.5, 0.6) is 0 Å². The normalized spacial score (nSPS) is 18.1. The molecule has 0 N–H and O–H groups in total. The summed E-state index contributed by atoms with van der Waals surface area (Å²) in [5.74, 6) is -0.456. The van der Waals surface area contributed by atoms with Gasteiger partial charge in [0.1, 0.15) is 5.70 Å². The molecule has 0 aromatic heterocycles. The van der Waals surface area contributed by atoms with Crippen molar-refractivity contribution in [2.45, 2.75) is 39.3 Å². The number of carbonyl (C=O) groups excluding carboxylic acids is 2. The molecular formula is C26H30ClN3O2. The molecule has 2 amide bonds. The fraction of sp³-hybridized carbons (Fsp3) is 0.385. The van der Waals surface area contributed by atoms with Crippen molar-refractivity contribution >= 4 is 29.0 Å². The molecule has 0 aliphatic carbocycles. The number of benzene rings is 2. The fourth-order valence-electron chi connectivity index (χ4n) is 4.53. The summed E-state index contributed by atoms with van der Waals surface area (Å²) >= 11 is 6.01. The van der Waals surface area contributed by atoms with Gasteiger partial charge in [-0.15, -0.1) is 0 Å². The van der Waals surface area contributed by atoms with Gasteiger partial charge in [0.2, 0.25) is 0 Å². The number of piperidine rings is 1. The van der Waals surface area contributed by atoms with Crippen LogP contribution in [-0.2, 0) is 16.1 Å². The van der Waals surface area contributed by atoms with Crippen LogP contribution < -0.4 is 0 Å². The standard InChI is InChI=1S/C26H30ClN3O2/c1-17-5-8-20(15-18(17)2)23-24(29(4)22-11-13-28(3)14-12-22)26(32)30(25(23)31)16-19-6-9-21(27)10-7-19/h5-10,15,22H,11-14,16H2,1-4H3. The van der Waals surface area contributed by atoms with E-state index in [9.17, 15) is 9.59 Å². The van der Waals surface area contributed by atoms with E-state index in [0.29, 0.717) is 16.3 Å². The molecule has 1 fully saturated rings. The molecule has 5 nitrogen and oxygen atoms in total. The van der Waals surface area contributed by atoms with E-state index < -0.39 is 0 Å². The van der Waals surface area contributed by atoms with E-state index in [1.807, 2.05) is 51.2 Å². The average Bonchev–Trinajstić information content (AvgIpc) is 3.02. The fourth-order valence-corrected chi connectivity index (χ4v) is 4.65. The summed E-state index contributed by atoms with van der Waals surface area (Å²) in [6, 6.07) is 13.5. The zero-order valence-corrected chi connectivity index (χ0v) is 19.9. The van der Waals surface area contributed by atoms with Crippen molar-refractivity contribution in [2.75, 3.05) is 27.2 Å². The Morgan fingerprint density at radius 2 is 1.62 bits per heavy atom. The maximum Gasteiger partial charge on any atom is 0.278 e. The Bertz CT molecular complexity index is 1070. The van der Waals surface area contributed by atoms with E-state index in [-0.39, 0.29) is 24.4 Å². The van der Waals surface area contributed by atoms with Gasteiger partial charge in [0.05, 0.1) is 12.1 Å². The first-order chi connectivity index (χ1) is 15.3. The van der Waals surface area contributed by atoms with Crippen LogP contribution in [0.4, 0.5) is 0 Å². The highest BCUT2D eigenvalue weighted by atomic mass is 35.5. The average molecular weight is 452 g/mol. The van der Waals surface area contributed by atoms with Crippen LogP contribution >= 0.6 is 11.6 Å². The van der Waals surface area contributed by atoms with E-state index in [0.717, 1.165) is 48.2 Å². The molecule has 2 aliphatic rings. The minimum absolute atomic E-state index is 0.223. The summed E-state index contributed by atoms with van der Waals surface area (Å²) in [4.78, 5) is 33.0. The van der Waals surface area contributed by atoms with E-state index in [4.69, 9.17) is 11.6 Å². The molecule has 168 valence electrons. The van der Waals surface area contributed by atoms with Crippen LogP contribution in [0.2, 0.25) is 5.02 Å². The van der Waals surface area contributed by atoms with Gasteiger partial charge in [-0.25, -0.2) is 0 Å². The first-order valence-electron chi connectivity index (χ1n) is 11.1. The Balaban J connectivity index is 1.73. The van der Waals surface area contributed by atoms with Crippen molar-refractivity contribution in [2.24, 2.45) is 0 Å². The van der Waals surface area contributed by atoms with E-state index in [1.54, 1.807) is 12.1 Å². The number of amides is 2. The van der Waals surface area contributed by atoms with Crippen LogP contribution in [0.1, 0.15) is 35.1 Å². The maximum absolute atomic E-state index is 13.6. The lowest BCUT2D eigenvalue weighted by atomic mass is 9.97. The number of aryl methyl sites for hydroxylation is 2. The zero-order valence-electron chi connectivity index (χ0n) is 19.2. The highest BCUT2D eigenvalue weighted by molar-refractivity contribution is 6.35. The molecule has 0 unspecified atom stereocenters. The molecule has 2 heterocycles. The highest BCUT2D eigenvalue weighted by Gasteiger charge is 2.42. The van der Waals surface area contributed by atoms with Crippen LogP contribution in [0.25, 0.3) is 5.57 Å². The molecule has 6 heteroatoms. The second-order valence-corrected chi connectivity index (χ2v) is 9.43. The minimum Gasteiger partial charge on any atom is -0.366 e. The highest BCUT2D eigenvalue weighted by Crippen LogP contribution is 2.35. The Morgan fingerprint density at radius 1 is 0.969 bits per heavy atom. The molecule has 4 rings (SSSR count). The van der Waals surface area contributed by atoms with Gasteiger partial charge in [0, 0.05) is 18.1 Å². The molecule has 0 radical (unpaired) electrons. The first-order valence-corrected chi connectivity index (χ1v) is 11.5. The summed E-state index contributed by atoms with van der Waals surface area (Å²) in [6.07, 6.45) is 1.94. The monoisotopic (exact) mass is 451 g/mol. The molecule has 2 aromatic carbocycles. The third-order valence-corrected chi connectivity index (χ3v) is 7.03. The maximum atomic E-state index is 13.6. The smallest absolute Gasteiger partial charge is 0.278 e. The number of carbonyl (C=O) groups is 2. The SMILES string of the molecule is Cc1ccc(C2=C(N(C)C3CCN(C)CC3)C(=O)N(Cc3ccc(Cl)cc3)C2=O)cc1C. The molecule has 2 aliphatic heterocycles. The Morgan fingerprint density at radius 3 is 2.25 bits per heavy atom. The quantitative estimate of drug-likeness (QED) is 0.637. The van der Waals surface area contributed by atoms with Gasteiger partial charge >= 0.3 is 0 Å². The molecule has 1 saturated heterocycles. The number of halogens is 1. The number of imide groups is 1. The third-order valence-electron chi connectivity index (χ3n) is 6.78. The van der Waals surface area contributed by atoms with E-state index in [2.05, 4.69) is 16.8 Å². The van der Waals surface area contributed by atoms with Gasteiger partial charge in [-0.3, -0.25) is 14.5 Å². The number of likely N-dealkylation sites (tertiary alicyclic amines) is 1. The van der Waals surface area contributed by atoms with E-state index in [1.165, 1.54) is 4.90 Å². The molecule has 0 atom stereocenters. The number of nitrogens with zero attached hydrogens (tertiary/aromatic N) is 3. The van der Waals surface area contributed by atoms with Gasteiger partial charge in [0.15, 0.2) is 0 Å². The molecule has 2 aromatic rings. The Labute approximate surface area is 195 Å². The second kappa shape index (κ2) is 9.08. The summed E-state index contributed by atoms with van der Waals surface area (Å²) in [7, 11) is 4.08. The molecule has 32 heavy (non-hydrogen) atoms. The summed E-state index contributed by atoms with van der Waals surface area (Å²) < 4.78 is 0. The predicted octanol–water partition coefficient (Wildman–Crippen LogP) is 4.26. The van der Waals surface area contributed by atoms with Crippen molar-refractivity contribution in [3.63, 3.8) is 0 Å². The second-order valence-electron chi connectivity index (χ2n) is 8.99. The Kier molecular flexibility index (Phi) is 6.40. The lowest BCUT2D eigenvalue weighted by Gasteiger charge is -2.36. The predicted molar refractivity (Wildman–Crippen MR) is 128 cm³/mol. The van der Waals surface area contributed by atoms with Crippen molar-refractivity contribution in [1.82, 2.24) is 14.7 Å². The third kappa shape index (κ3) is 4.32. The van der Waals surface area contributed by atoms with Crippen LogP contribution in [0.3, 0.4) is 0 Å². The summed E-state index contributed by atoms with van der Waals surface area (Å²) in [5, 5.41) is 0.629. The van der Waals surface area contributed by atoms with Crippen molar-refractivity contribution < 1.29 is 9.59 Å².